The van der Waals surface area contributed by atoms with Crippen LogP contribution >= 0.6 is 22.9 Å². The van der Waals surface area contributed by atoms with Crippen LogP contribution in [0.25, 0.3) is 0 Å². The fraction of sp³-hybridized carbons (Fsp3) is 0.500. The number of hydrogen-bond donors (Lipinski definition) is 2. The zero-order valence-corrected chi connectivity index (χ0v) is 8.21. The van der Waals surface area contributed by atoms with Crippen LogP contribution in [0, 0.1) is 5.92 Å². The van der Waals surface area contributed by atoms with Gasteiger partial charge in [-0.15, -0.1) is 11.3 Å². The monoisotopic (exact) mass is 202 g/mol. The summed E-state index contributed by atoms with van der Waals surface area (Å²) in [4.78, 5) is 0. The van der Waals surface area contributed by atoms with Gasteiger partial charge in [0, 0.05) is 25.6 Å². The highest BCUT2D eigenvalue weighted by Gasteiger charge is 2.15. The van der Waals surface area contributed by atoms with Gasteiger partial charge >= 0.3 is 0 Å². The fourth-order valence-corrected chi connectivity index (χ4v) is 2.10. The molecule has 0 amide bonds. The van der Waals surface area contributed by atoms with Crippen molar-refractivity contribution in [3.8, 4) is 0 Å². The number of rotatable bonds is 3. The van der Waals surface area contributed by atoms with Crippen molar-refractivity contribution < 1.29 is 0 Å². The van der Waals surface area contributed by atoms with E-state index in [1.165, 1.54) is 5.00 Å². The molecule has 1 aromatic rings. The van der Waals surface area contributed by atoms with Crippen LogP contribution in [-0.2, 0) is 0 Å². The van der Waals surface area contributed by atoms with Crippen molar-refractivity contribution in [3.63, 3.8) is 0 Å². The topological polar surface area (TPSA) is 24.1 Å². The van der Waals surface area contributed by atoms with Crippen LogP contribution < -0.4 is 10.6 Å². The Balaban J connectivity index is 1.79. The van der Waals surface area contributed by atoms with Crippen molar-refractivity contribution >= 4 is 27.9 Å². The largest absolute Gasteiger partial charge is 0.377 e. The molecule has 0 aliphatic carbocycles. The summed E-state index contributed by atoms with van der Waals surface area (Å²) >= 11 is 7.39. The quantitative estimate of drug-likeness (QED) is 0.784. The Labute approximate surface area is 80.9 Å². The zero-order chi connectivity index (χ0) is 8.39. The summed E-state index contributed by atoms with van der Waals surface area (Å²) in [6.45, 7) is 3.35. The summed E-state index contributed by atoms with van der Waals surface area (Å²) in [7, 11) is 0. The van der Waals surface area contributed by atoms with Gasteiger partial charge in [0.1, 0.15) is 0 Å². The molecule has 1 aromatic heterocycles. The maximum atomic E-state index is 5.79. The van der Waals surface area contributed by atoms with Crippen molar-refractivity contribution in [2.24, 2.45) is 5.92 Å². The van der Waals surface area contributed by atoms with Crippen LogP contribution in [0.3, 0.4) is 0 Å². The van der Waals surface area contributed by atoms with Crippen LogP contribution in [-0.4, -0.2) is 19.6 Å². The Hall–Kier alpha value is -0.250. The Kier molecular flexibility index (Phi) is 2.54. The molecule has 66 valence electrons. The first kappa shape index (κ1) is 8.35. The SMILES string of the molecule is Clc1ccc(NCC2CNC2)s1. The lowest BCUT2D eigenvalue weighted by Crippen LogP contribution is -2.45. The van der Waals surface area contributed by atoms with Crippen LogP contribution in [0.4, 0.5) is 5.00 Å². The van der Waals surface area contributed by atoms with Crippen LogP contribution in [0.15, 0.2) is 12.1 Å². The molecule has 1 saturated heterocycles. The minimum absolute atomic E-state index is 0.797. The van der Waals surface area contributed by atoms with E-state index in [4.69, 9.17) is 11.6 Å². The highest BCUT2D eigenvalue weighted by molar-refractivity contribution is 7.19. The van der Waals surface area contributed by atoms with Gasteiger partial charge in [-0.2, -0.15) is 0 Å². The van der Waals surface area contributed by atoms with Crippen LogP contribution in [0.1, 0.15) is 0 Å². The lowest BCUT2D eigenvalue weighted by Gasteiger charge is -2.27. The molecule has 1 aliphatic rings. The Bertz CT molecular complexity index is 257. The first-order valence-corrected chi connectivity index (χ1v) is 5.24. The average Bonchev–Trinajstić information content (AvgIpc) is 2.32. The molecule has 1 aliphatic heterocycles. The molecular formula is C8H11ClN2S. The summed E-state index contributed by atoms with van der Waals surface area (Å²) in [6.07, 6.45) is 0. The van der Waals surface area contributed by atoms with Gasteiger partial charge in [0.2, 0.25) is 0 Å². The minimum atomic E-state index is 0.797. The summed E-state index contributed by atoms with van der Waals surface area (Å²) in [5, 5.41) is 7.77. The number of nitrogens with one attached hydrogen (secondary N) is 2. The second kappa shape index (κ2) is 3.64. The lowest BCUT2D eigenvalue weighted by molar-refractivity contribution is 0.365. The van der Waals surface area contributed by atoms with Crippen molar-refractivity contribution in [2.75, 3.05) is 25.0 Å². The molecule has 4 heteroatoms. The van der Waals surface area contributed by atoms with E-state index in [-0.39, 0.29) is 0 Å². The normalized spacial score (nSPS) is 17.4. The molecule has 0 spiro atoms. The van der Waals surface area contributed by atoms with Crippen LogP contribution in [0.2, 0.25) is 4.34 Å². The molecule has 2 N–H and O–H groups in total. The van der Waals surface area contributed by atoms with Crippen molar-refractivity contribution in [1.29, 1.82) is 0 Å². The maximum absolute atomic E-state index is 5.79. The van der Waals surface area contributed by atoms with Gasteiger partial charge in [-0.3, -0.25) is 0 Å². The predicted molar refractivity (Wildman–Crippen MR) is 54.2 cm³/mol. The Morgan fingerprint density at radius 1 is 1.58 bits per heavy atom. The average molecular weight is 203 g/mol. The third kappa shape index (κ3) is 1.91. The number of anilines is 1. The Morgan fingerprint density at radius 3 is 2.92 bits per heavy atom. The second-order valence-corrected chi connectivity index (χ2v) is 4.72. The second-order valence-electron chi connectivity index (χ2n) is 3.01. The predicted octanol–water partition coefficient (Wildman–Crippen LogP) is 2.03. The Morgan fingerprint density at radius 2 is 2.42 bits per heavy atom. The molecule has 1 fully saturated rings. The van der Waals surface area contributed by atoms with Gasteiger partial charge in [-0.25, -0.2) is 0 Å². The van der Waals surface area contributed by atoms with Gasteiger partial charge in [0.05, 0.1) is 9.34 Å². The third-order valence-electron chi connectivity index (χ3n) is 2.00. The molecule has 0 radical (unpaired) electrons. The molecule has 2 rings (SSSR count). The van der Waals surface area contributed by atoms with E-state index in [1.807, 2.05) is 12.1 Å². The smallest absolute Gasteiger partial charge is 0.0950 e. The molecule has 12 heavy (non-hydrogen) atoms. The molecule has 2 nitrogen and oxygen atoms in total. The van der Waals surface area contributed by atoms with E-state index >= 15 is 0 Å². The first-order chi connectivity index (χ1) is 5.84. The van der Waals surface area contributed by atoms with E-state index in [0.29, 0.717) is 0 Å². The van der Waals surface area contributed by atoms with Crippen LogP contribution in [0.5, 0.6) is 0 Å². The summed E-state index contributed by atoms with van der Waals surface area (Å²) < 4.78 is 0.851. The molecule has 0 bridgehead atoms. The zero-order valence-electron chi connectivity index (χ0n) is 6.64. The van der Waals surface area contributed by atoms with Crippen molar-refractivity contribution in [3.05, 3.63) is 16.5 Å². The molecule has 0 unspecified atom stereocenters. The fourth-order valence-electron chi connectivity index (χ4n) is 1.15. The third-order valence-corrected chi connectivity index (χ3v) is 3.19. The van der Waals surface area contributed by atoms with Gasteiger partial charge in [-0.1, -0.05) is 11.6 Å². The number of thiophene rings is 1. The molecule has 0 aromatic carbocycles. The summed E-state index contributed by atoms with van der Waals surface area (Å²) in [6, 6.07) is 3.95. The van der Waals surface area contributed by atoms with E-state index in [9.17, 15) is 0 Å². The number of halogens is 1. The standard InChI is InChI=1S/C8H11ClN2S/c9-7-1-2-8(12-7)11-5-6-3-10-4-6/h1-2,6,10-11H,3-5H2. The molecular weight excluding hydrogens is 192 g/mol. The molecule has 0 saturated carbocycles. The van der Waals surface area contributed by atoms with E-state index in [0.717, 1.165) is 29.9 Å². The van der Waals surface area contributed by atoms with E-state index in [2.05, 4.69) is 10.6 Å². The van der Waals surface area contributed by atoms with E-state index < -0.39 is 0 Å². The van der Waals surface area contributed by atoms with Gasteiger partial charge in [0.25, 0.3) is 0 Å². The first-order valence-electron chi connectivity index (χ1n) is 4.04. The maximum Gasteiger partial charge on any atom is 0.0950 e. The summed E-state index contributed by atoms with van der Waals surface area (Å²) in [5.41, 5.74) is 0. The molecule has 2 heterocycles. The minimum Gasteiger partial charge on any atom is -0.377 e. The van der Waals surface area contributed by atoms with Gasteiger partial charge in [-0.05, 0) is 12.1 Å². The lowest BCUT2D eigenvalue weighted by atomic mass is 10.0. The highest BCUT2D eigenvalue weighted by Crippen LogP contribution is 2.26. The van der Waals surface area contributed by atoms with Gasteiger partial charge < -0.3 is 10.6 Å². The van der Waals surface area contributed by atoms with Gasteiger partial charge in [0.15, 0.2) is 0 Å². The van der Waals surface area contributed by atoms with Crippen molar-refractivity contribution in [1.82, 2.24) is 5.32 Å². The molecule has 0 atom stereocenters. The summed E-state index contributed by atoms with van der Waals surface area (Å²) in [5.74, 6) is 0.797. The van der Waals surface area contributed by atoms with Crippen molar-refractivity contribution in [2.45, 2.75) is 0 Å². The van der Waals surface area contributed by atoms with E-state index in [1.54, 1.807) is 11.3 Å². The number of hydrogen-bond acceptors (Lipinski definition) is 3. The highest BCUT2D eigenvalue weighted by atomic mass is 35.5.